The van der Waals surface area contributed by atoms with Crippen molar-refractivity contribution < 1.29 is 14.0 Å². The molecule has 0 bridgehead atoms. The first-order valence-corrected chi connectivity index (χ1v) is 6.12. The highest BCUT2D eigenvalue weighted by Crippen LogP contribution is 2.20. The lowest BCUT2D eigenvalue weighted by Crippen LogP contribution is -2.42. The van der Waals surface area contributed by atoms with Crippen LogP contribution in [-0.4, -0.2) is 48.8 Å². The van der Waals surface area contributed by atoms with Crippen molar-refractivity contribution in [2.45, 2.75) is 12.8 Å². The summed E-state index contributed by atoms with van der Waals surface area (Å²) in [6, 6.07) is 1.67. The Bertz CT molecular complexity index is 417. The highest BCUT2D eigenvalue weighted by molar-refractivity contribution is 5.94. The summed E-state index contributed by atoms with van der Waals surface area (Å²) in [6.07, 6.45) is 4.43. The molecule has 0 saturated carbocycles. The summed E-state index contributed by atoms with van der Waals surface area (Å²) in [7, 11) is 3.54. The van der Waals surface area contributed by atoms with Gasteiger partial charge < -0.3 is 14.2 Å². The summed E-state index contributed by atoms with van der Waals surface area (Å²) in [4.78, 5) is 27.3. The number of carbonyl (C=O) groups is 2. The molecular formula is C13H18N2O3. The molecule has 1 fully saturated rings. The molecule has 0 aliphatic carbocycles. The molecule has 1 aliphatic rings. The van der Waals surface area contributed by atoms with Gasteiger partial charge in [-0.15, -0.1) is 0 Å². The van der Waals surface area contributed by atoms with E-state index in [1.165, 1.54) is 12.5 Å². The fraction of sp³-hybridized carbons (Fsp3) is 0.538. The molecule has 5 nitrogen and oxygen atoms in total. The quantitative estimate of drug-likeness (QED) is 0.793. The molecule has 0 atom stereocenters. The minimum absolute atomic E-state index is 0.0143. The highest BCUT2D eigenvalue weighted by atomic mass is 16.3. The van der Waals surface area contributed by atoms with Crippen molar-refractivity contribution >= 4 is 11.8 Å². The topological polar surface area (TPSA) is 53.8 Å². The van der Waals surface area contributed by atoms with Crippen molar-refractivity contribution in [2.24, 2.45) is 5.92 Å². The normalized spacial score (nSPS) is 16.7. The van der Waals surface area contributed by atoms with Crippen LogP contribution in [0, 0.1) is 5.92 Å². The first kappa shape index (κ1) is 12.7. The van der Waals surface area contributed by atoms with Crippen LogP contribution in [0.1, 0.15) is 23.2 Å². The van der Waals surface area contributed by atoms with Crippen LogP contribution < -0.4 is 0 Å². The van der Waals surface area contributed by atoms with Crippen molar-refractivity contribution in [3.05, 3.63) is 24.2 Å². The monoisotopic (exact) mass is 250 g/mol. The zero-order chi connectivity index (χ0) is 13.1. The van der Waals surface area contributed by atoms with Crippen LogP contribution in [0.15, 0.2) is 23.0 Å². The third kappa shape index (κ3) is 2.55. The van der Waals surface area contributed by atoms with Crippen molar-refractivity contribution in [3.8, 4) is 0 Å². The molecule has 0 aromatic carbocycles. The summed E-state index contributed by atoms with van der Waals surface area (Å²) >= 11 is 0. The fourth-order valence-electron chi connectivity index (χ4n) is 2.26. The average Bonchev–Trinajstić information content (AvgIpc) is 2.91. The standard InChI is InChI=1S/C13H18N2O3/c1-14(2)12(16)10-3-6-15(7-4-10)13(17)11-5-8-18-9-11/h5,8-10H,3-4,6-7H2,1-2H3. The van der Waals surface area contributed by atoms with Crippen molar-refractivity contribution in [2.75, 3.05) is 27.2 Å². The zero-order valence-electron chi connectivity index (χ0n) is 10.8. The van der Waals surface area contributed by atoms with E-state index in [1.807, 2.05) is 0 Å². The van der Waals surface area contributed by atoms with E-state index in [4.69, 9.17) is 4.42 Å². The Morgan fingerprint density at radius 1 is 1.33 bits per heavy atom. The number of furan rings is 1. The Morgan fingerprint density at radius 2 is 2.00 bits per heavy atom. The minimum atomic E-state index is -0.0143. The maximum atomic E-state index is 12.0. The molecule has 0 N–H and O–H groups in total. The SMILES string of the molecule is CN(C)C(=O)C1CCN(C(=O)c2ccoc2)CC1. The van der Waals surface area contributed by atoms with Crippen LogP contribution in [0.4, 0.5) is 0 Å². The van der Waals surface area contributed by atoms with Gasteiger partial charge in [-0.25, -0.2) is 0 Å². The number of hydrogen-bond acceptors (Lipinski definition) is 3. The predicted molar refractivity (Wildman–Crippen MR) is 66.0 cm³/mol. The van der Waals surface area contributed by atoms with Gasteiger partial charge in [0.25, 0.3) is 5.91 Å². The summed E-state index contributed by atoms with van der Waals surface area (Å²) in [5.74, 6) is 0.193. The lowest BCUT2D eigenvalue weighted by atomic mass is 9.95. The average molecular weight is 250 g/mol. The van der Waals surface area contributed by atoms with Gasteiger partial charge in [-0.3, -0.25) is 9.59 Å². The second-order valence-electron chi connectivity index (χ2n) is 4.81. The maximum absolute atomic E-state index is 12.0. The smallest absolute Gasteiger partial charge is 0.257 e. The minimum Gasteiger partial charge on any atom is -0.472 e. The van der Waals surface area contributed by atoms with Gasteiger partial charge in [-0.1, -0.05) is 0 Å². The third-order valence-electron chi connectivity index (χ3n) is 3.34. The molecule has 1 aromatic rings. The third-order valence-corrected chi connectivity index (χ3v) is 3.34. The van der Waals surface area contributed by atoms with E-state index < -0.39 is 0 Å². The van der Waals surface area contributed by atoms with Crippen molar-refractivity contribution in [1.29, 1.82) is 0 Å². The number of rotatable bonds is 2. The van der Waals surface area contributed by atoms with Gasteiger partial charge in [0.1, 0.15) is 6.26 Å². The van der Waals surface area contributed by atoms with E-state index in [2.05, 4.69) is 0 Å². The van der Waals surface area contributed by atoms with E-state index >= 15 is 0 Å². The highest BCUT2D eigenvalue weighted by Gasteiger charge is 2.28. The largest absolute Gasteiger partial charge is 0.472 e. The number of hydrogen-bond donors (Lipinski definition) is 0. The van der Waals surface area contributed by atoms with Crippen LogP contribution in [-0.2, 0) is 4.79 Å². The van der Waals surface area contributed by atoms with Crippen LogP contribution in [0.3, 0.4) is 0 Å². The molecule has 98 valence electrons. The molecule has 2 amide bonds. The molecular weight excluding hydrogens is 232 g/mol. The van der Waals surface area contributed by atoms with Gasteiger partial charge in [0, 0.05) is 33.1 Å². The molecule has 1 saturated heterocycles. The second kappa shape index (κ2) is 5.25. The summed E-state index contributed by atoms with van der Waals surface area (Å²) in [5, 5.41) is 0. The van der Waals surface area contributed by atoms with Crippen LogP contribution in [0.2, 0.25) is 0 Å². The fourth-order valence-corrected chi connectivity index (χ4v) is 2.26. The predicted octanol–water partition coefficient (Wildman–Crippen LogP) is 1.22. The summed E-state index contributed by atoms with van der Waals surface area (Å²) in [5.41, 5.74) is 0.576. The number of amides is 2. The zero-order valence-corrected chi connectivity index (χ0v) is 10.8. The van der Waals surface area contributed by atoms with E-state index in [0.29, 0.717) is 18.7 Å². The van der Waals surface area contributed by atoms with Gasteiger partial charge in [-0.05, 0) is 18.9 Å². The summed E-state index contributed by atoms with van der Waals surface area (Å²) < 4.78 is 4.91. The lowest BCUT2D eigenvalue weighted by molar-refractivity contribution is -0.134. The number of nitrogens with zero attached hydrogens (tertiary/aromatic N) is 2. The Hall–Kier alpha value is -1.78. The molecule has 2 rings (SSSR count). The molecule has 0 spiro atoms. The Labute approximate surface area is 106 Å². The van der Waals surface area contributed by atoms with Crippen molar-refractivity contribution in [1.82, 2.24) is 9.80 Å². The molecule has 5 heteroatoms. The first-order valence-electron chi connectivity index (χ1n) is 6.12. The molecule has 0 radical (unpaired) electrons. The van der Waals surface area contributed by atoms with Gasteiger partial charge in [0.2, 0.25) is 5.91 Å². The van der Waals surface area contributed by atoms with Gasteiger partial charge in [0.15, 0.2) is 0 Å². The van der Waals surface area contributed by atoms with E-state index in [-0.39, 0.29) is 17.7 Å². The van der Waals surface area contributed by atoms with Crippen molar-refractivity contribution in [3.63, 3.8) is 0 Å². The van der Waals surface area contributed by atoms with Crippen LogP contribution >= 0.6 is 0 Å². The first-order chi connectivity index (χ1) is 8.59. The molecule has 18 heavy (non-hydrogen) atoms. The lowest BCUT2D eigenvalue weighted by Gasteiger charge is -2.32. The second-order valence-corrected chi connectivity index (χ2v) is 4.81. The molecule has 1 aliphatic heterocycles. The van der Waals surface area contributed by atoms with E-state index in [9.17, 15) is 9.59 Å². The number of likely N-dealkylation sites (tertiary alicyclic amines) is 1. The van der Waals surface area contributed by atoms with E-state index in [1.54, 1.807) is 30.0 Å². The van der Waals surface area contributed by atoms with Gasteiger partial charge in [0.05, 0.1) is 11.8 Å². The molecule has 0 unspecified atom stereocenters. The number of carbonyl (C=O) groups excluding carboxylic acids is 2. The van der Waals surface area contributed by atoms with E-state index in [0.717, 1.165) is 12.8 Å². The Morgan fingerprint density at radius 3 is 2.50 bits per heavy atom. The Balaban J connectivity index is 1.91. The number of piperidine rings is 1. The maximum Gasteiger partial charge on any atom is 0.257 e. The molecule has 2 heterocycles. The summed E-state index contributed by atoms with van der Waals surface area (Å²) in [6.45, 7) is 1.27. The van der Waals surface area contributed by atoms with Crippen LogP contribution in [0.5, 0.6) is 0 Å². The van der Waals surface area contributed by atoms with Gasteiger partial charge in [-0.2, -0.15) is 0 Å². The van der Waals surface area contributed by atoms with Gasteiger partial charge >= 0.3 is 0 Å². The van der Waals surface area contributed by atoms with Crippen LogP contribution in [0.25, 0.3) is 0 Å². The molecule has 1 aromatic heterocycles. The Kier molecular flexibility index (Phi) is 3.69.